The van der Waals surface area contributed by atoms with E-state index in [2.05, 4.69) is 42.6 Å². The number of hydrogen-bond donors (Lipinski definition) is 7. The first-order valence-electron chi connectivity index (χ1n) is 31.0. The molecule has 13 atom stereocenters. The van der Waals surface area contributed by atoms with Crippen molar-refractivity contribution in [2.24, 2.45) is 91.9 Å². The van der Waals surface area contributed by atoms with Crippen LogP contribution in [0.3, 0.4) is 0 Å². The van der Waals surface area contributed by atoms with Gasteiger partial charge in [0.2, 0.25) is 45.0 Å². The fourth-order valence-electron chi connectivity index (χ4n) is 4.98. The zero-order valence-corrected chi connectivity index (χ0v) is 62.0. The number of carbonyl (C=O) groups is 14. The Balaban J connectivity index is -0.000000197. The fraction of sp³-hybridized carbons (Fsp3) is 0.778. The van der Waals surface area contributed by atoms with E-state index in [-0.39, 0.29) is 111 Å². The molecule has 0 fully saturated rings. The van der Waals surface area contributed by atoms with Crippen LogP contribution >= 0.6 is 0 Å². The van der Waals surface area contributed by atoms with E-state index in [9.17, 15) is 67.1 Å². The smallest absolute Gasteiger partial charge is 0.328 e. The molecule has 0 aromatic rings. The maximum absolute atomic E-state index is 11.6. The Morgan fingerprint density at radius 2 is 0.612 bits per heavy atom. The second-order valence-electron chi connectivity index (χ2n) is 26.3. The van der Waals surface area contributed by atoms with E-state index in [4.69, 9.17) is 63.8 Å². The van der Waals surface area contributed by atoms with Crippen LogP contribution in [0, 0.1) is 51.8 Å². The highest BCUT2D eigenvalue weighted by Crippen LogP contribution is 2.22. The average molecular weight is 1420 g/mol. The van der Waals surface area contributed by atoms with Gasteiger partial charge in [-0.05, 0) is 46.8 Å². The van der Waals surface area contributed by atoms with Crippen molar-refractivity contribution >= 4 is 87.1 Å². The number of carbonyl (C=O) groups excluding carboxylic acids is 14. The van der Waals surface area contributed by atoms with Crippen LogP contribution in [-0.4, -0.2) is 174 Å². The van der Waals surface area contributed by atoms with Gasteiger partial charge in [0.15, 0.2) is 0 Å². The molecule has 0 rings (SSSR count). The second kappa shape index (κ2) is 55.2. The Bertz CT molecular complexity index is 2290. The lowest BCUT2D eigenvalue weighted by Gasteiger charge is -2.27. The summed E-state index contributed by atoms with van der Waals surface area (Å²) in [6.07, 6.45) is -3.60. The van der Waals surface area contributed by atoms with Crippen molar-refractivity contribution in [1.29, 1.82) is 0 Å². The van der Waals surface area contributed by atoms with E-state index in [1.54, 1.807) is 48.5 Å². The molecule has 98 heavy (non-hydrogen) atoms. The van der Waals surface area contributed by atoms with Crippen molar-refractivity contribution in [3.63, 3.8) is 0 Å². The normalized spacial score (nSPS) is 15.1. The first kappa shape index (κ1) is 104. The first-order valence-corrected chi connectivity index (χ1v) is 31.0. The van der Waals surface area contributed by atoms with E-state index < -0.39 is 115 Å². The molecule has 35 heteroatoms. The van der Waals surface area contributed by atoms with E-state index in [1.165, 1.54) is 20.8 Å². The van der Waals surface area contributed by atoms with Gasteiger partial charge < -0.3 is 106 Å². The van der Waals surface area contributed by atoms with Crippen molar-refractivity contribution in [1.82, 2.24) is 0 Å². The molecule has 0 bridgehead atoms. The lowest BCUT2D eigenvalue weighted by Crippen LogP contribution is -2.50. The minimum atomic E-state index is -1.05. The summed E-state index contributed by atoms with van der Waals surface area (Å²) in [4.78, 5) is 149. The van der Waals surface area contributed by atoms with Gasteiger partial charge in [0, 0.05) is 32.6 Å². The Hall–Kier alpha value is -7.70. The Labute approximate surface area is 577 Å². The van der Waals surface area contributed by atoms with Crippen molar-refractivity contribution in [2.75, 3.05) is 13.6 Å². The molecule has 0 amide bonds. The van der Waals surface area contributed by atoms with E-state index in [1.807, 2.05) is 104 Å². The van der Waals surface area contributed by atoms with Gasteiger partial charge in [-0.2, -0.15) is 0 Å². The van der Waals surface area contributed by atoms with E-state index in [0.29, 0.717) is 0 Å². The molecule has 35 nitrogen and oxygen atoms in total. The van der Waals surface area contributed by atoms with Crippen molar-refractivity contribution in [3.05, 3.63) is 0 Å². The summed E-state index contributed by atoms with van der Waals surface area (Å²) in [6, 6.07) is -4.25. The number of ether oxygens (including phenoxy) is 14. The van der Waals surface area contributed by atoms with Gasteiger partial charge in [0.1, 0.15) is 41.8 Å². The summed E-state index contributed by atoms with van der Waals surface area (Å²) in [5.74, 6) is -4.18. The van der Waals surface area contributed by atoms with Crippen LogP contribution in [0.2, 0.25) is 0 Å². The van der Waals surface area contributed by atoms with Gasteiger partial charge >= 0.3 is 41.8 Å². The maximum atomic E-state index is 11.6. The Kier molecular flexibility index (Phi) is 58.5. The highest BCUT2D eigenvalue weighted by Gasteiger charge is 2.35. The molecule has 0 aromatic heterocycles. The minimum Gasteiger partial charge on any atom is -0.430 e. The Morgan fingerprint density at radius 1 is 0.347 bits per heavy atom. The van der Waals surface area contributed by atoms with E-state index in [0.717, 1.165) is 6.42 Å². The molecule has 0 heterocycles. The van der Waals surface area contributed by atoms with Crippen LogP contribution in [-0.2, 0) is 133 Å². The van der Waals surface area contributed by atoms with Gasteiger partial charge in [0.25, 0.3) is 45.3 Å². The van der Waals surface area contributed by atoms with Crippen molar-refractivity contribution < 1.29 is 133 Å². The summed E-state index contributed by atoms with van der Waals surface area (Å²) in [5.41, 5.74) is 37.1. The molecule has 0 spiro atoms. The third-order valence-corrected chi connectivity index (χ3v) is 12.9. The monoisotopic (exact) mass is 1420 g/mol. The zero-order valence-electron chi connectivity index (χ0n) is 62.0. The first-order chi connectivity index (χ1) is 44.7. The third-order valence-electron chi connectivity index (χ3n) is 12.9. The molecule has 0 aromatic carbocycles. The van der Waals surface area contributed by atoms with Crippen molar-refractivity contribution in [3.8, 4) is 0 Å². The van der Waals surface area contributed by atoms with Crippen molar-refractivity contribution in [2.45, 2.75) is 253 Å². The molecule has 13 unspecified atom stereocenters. The molecule has 0 aliphatic heterocycles. The SMILES string of the molecule is CC(C)(C)C(N)C(=O)OCOC=O.CC(C)C(C)(N)C(=O)OCOC=O.CC(C)C(OC=O)OC(=O)C(N)C(C)(C)C.CC(C)C(OC=O)OC(=O)C(N)C(C)C.CC(OC=O)OC(=O)C(N)C(C)(C)C.CC(OC=O)OC(=O)C(N)C(C)C.CCC(C)C(N)C(=O)OC(C)OC=O. The van der Waals surface area contributed by atoms with Gasteiger partial charge in [-0.1, -0.05) is 152 Å². The molecular formula is C63H119N7O28. The lowest BCUT2D eigenvalue weighted by molar-refractivity contribution is -0.191. The van der Waals surface area contributed by atoms with Crippen LogP contribution in [0.5, 0.6) is 0 Å². The van der Waals surface area contributed by atoms with Crippen LogP contribution in [0.15, 0.2) is 0 Å². The van der Waals surface area contributed by atoms with Crippen LogP contribution in [0.4, 0.5) is 0 Å². The van der Waals surface area contributed by atoms with Crippen LogP contribution < -0.4 is 40.1 Å². The van der Waals surface area contributed by atoms with Gasteiger partial charge in [-0.15, -0.1) is 0 Å². The summed E-state index contributed by atoms with van der Waals surface area (Å²) in [6.45, 7) is 45.0. The topological polar surface area (TPSA) is 550 Å². The summed E-state index contributed by atoms with van der Waals surface area (Å²) in [5, 5.41) is 0. The number of hydrogen-bond acceptors (Lipinski definition) is 35. The molecular weight excluding hydrogens is 1300 g/mol. The number of nitrogens with two attached hydrogens (primary N) is 7. The molecule has 0 aliphatic carbocycles. The largest absolute Gasteiger partial charge is 0.430 e. The lowest BCUT2D eigenvalue weighted by atomic mass is 9.87. The van der Waals surface area contributed by atoms with Gasteiger partial charge in [-0.25, -0.2) is 4.79 Å². The molecule has 0 radical (unpaired) electrons. The number of esters is 7. The number of rotatable bonds is 35. The zero-order chi connectivity index (χ0) is 78.8. The summed E-state index contributed by atoms with van der Waals surface area (Å²) in [7, 11) is 0. The molecule has 0 saturated heterocycles. The predicted molar refractivity (Wildman–Crippen MR) is 351 cm³/mol. The Morgan fingerprint density at radius 3 is 0.878 bits per heavy atom. The quantitative estimate of drug-likeness (QED) is 0.0158. The highest BCUT2D eigenvalue weighted by atomic mass is 16.7. The third kappa shape index (κ3) is 52.4. The highest BCUT2D eigenvalue weighted by molar-refractivity contribution is 5.80. The van der Waals surface area contributed by atoms with Gasteiger partial charge in [-0.3, -0.25) is 62.3 Å². The molecule has 14 N–H and O–H groups in total. The maximum Gasteiger partial charge on any atom is 0.328 e. The van der Waals surface area contributed by atoms with Gasteiger partial charge in [0.05, 0.1) is 0 Å². The summed E-state index contributed by atoms with van der Waals surface area (Å²) >= 11 is 0. The average Bonchev–Trinajstić information content (AvgIpc) is 0.906. The molecule has 0 saturated carbocycles. The predicted octanol–water partition coefficient (Wildman–Crippen LogP) is 2.67. The summed E-state index contributed by atoms with van der Waals surface area (Å²) < 4.78 is 64.2. The van der Waals surface area contributed by atoms with Crippen LogP contribution in [0.25, 0.3) is 0 Å². The van der Waals surface area contributed by atoms with E-state index >= 15 is 0 Å². The minimum absolute atomic E-state index is 0.00377. The standard InChI is InChI=1S/C11H21NO4.C10H19NO4.2C9H17NO4.3C8H15NO4/c1-7(2)10(15-6-13)16-9(14)8(12)11(3,4)5;1-6(2)8(11)9(13)15-10(7(3)4)14-5-12;1-6(13-5-11)14-8(12)7(10)9(2,3)4;1-4-6(2)8(10)9(12)14-7(3)13-5-11;1-8(2,3)6(9)7(11)13-5-12-4-10;1-6(2)8(3,9)7(11)13-5-12-4-10;1-5(2)7(9)8(11)13-6(3)12-4-10/h6-8,10H,12H2,1-5H3;5-8,10H,11H2,1-4H3;5-7H,10H2,1-4H3;5-8H,4,10H2,1-3H3;2*4,6H,5,9H2,1-3H3;4-7H,9H2,1-3H3. The molecule has 574 valence electrons. The van der Waals surface area contributed by atoms with Crippen LogP contribution in [0.1, 0.15) is 180 Å². The molecule has 0 aliphatic rings. The fourth-order valence-corrected chi connectivity index (χ4v) is 4.98. The second-order valence-corrected chi connectivity index (χ2v) is 26.3.